The predicted octanol–water partition coefficient (Wildman–Crippen LogP) is 1.79. The van der Waals surface area contributed by atoms with Crippen molar-refractivity contribution in [1.82, 2.24) is 0 Å². The Balaban J connectivity index is 4.31. The van der Waals surface area contributed by atoms with E-state index < -0.39 is 14.5 Å². The smallest absolute Gasteiger partial charge is 0.376 e. The van der Waals surface area contributed by atoms with Crippen LogP contribution < -0.4 is 0 Å². The maximum Gasteiger partial charge on any atom is 0.376 e. The first-order valence-corrected chi connectivity index (χ1v) is 7.44. The summed E-state index contributed by atoms with van der Waals surface area (Å²) in [6.45, 7) is 10.3. The molecule has 0 aromatic heterocycles. The molecule has 0 aromatic rings. The topological polar surface area (TPSA) is 44.8 Å². The molecule has 0 heterocycles. The zero-order valence-electron chi connectivity index (χ0n) is 9.75. The summed E-state index contributed by atoms with van der Waals surface area (Å²) in [5.74, 6) is -0.431. The summed E-state index contributed by atoms with van der Waals surface area (Å²) in [4.78, 5) is 11.0. The van der Waals surface area contributed by atoms with Gasteiger partial charge in [0, 0.05) is 19.3 Å². The average molecular weight is 232 g/mol. The first-order valence-electron chi connectivity index (χ1n) is 5.21. The second-order valence-corrected chi connectivity index (χ2v) is 6.34. The first-order chi connectivity index (χ1) is 7.14. The van der Waals surface area contributed by atoms with E-state index in [-0.39, 0.29) is 6.23 Å². The number of carbonyl (C=O) groups excluding carboxylic acids is 1. The van der Waals surface area contributed by atoms with E-state index in [4.69, 9.17) is 13.6 Å². The molecule has 0 aliphatic carbocycles. The van der Waals surface area contributed by atoms with Gasteiger partial charge >= 0.3 is 14.5 Å². The van der Waals surface area contributed by atoms with Gasteiger partial charge in [0.1, 0.15) is 6.23 Å². The third-order valence-corrected chi connectivity index (χ3v) is 5.25. The highest BCUT2D eigenvalue weighted by molar-refractivity contribution is 6.67. The zero-order valence-corrected chi connectivity index (χ0v) is 10.7. The Kier molecular flexibility index (Phi) is 7.28. The highest BCUT2D eigenvalue weighted by atomic mass is 28.4. The van der Waals surface area contributed by atoms with Crippen molar-refractivity contribution in [1.29, 1.82) is 0 Å². The average Bonchev–Trinajstić information content (AvgIpc) is 2.26. The number of rotatable bonds is 8. The molecular weight excluding hydrogens is 212 g/mol. The Morgan fingerprint density at radius 2 is 1.80 bits per heavy atom. The molecular formula is C10H20O4Si. The lowest BCUT2D eigenvalue weighted by molar-refractivity contribution is -0.136. The molecule has 0 radical (unpaired) electrons. The second-order valence-electron chi connectivity index (χ2n) is 2.94. The van der Waals surface area contributed by atoms with Crippen LogP contribution in [0.3, 0.4) is 0 Å². The van der Waals surface area contributed by atoms with Gasteiger partial charge in [-0.2, -0.15) is 0 Å². The van der Waals surface area contributed by atoms with Gasteiger partial charge in [-0.3, -0.25) is 0 Å². The van der Waals surface area contributed by atoms with Crippen LogP contribution in [0, 0.1) is 0 Å². The summed E-state index contributed by atoms with van der Waals surface area (Å²) in [6.07, 6.45) is 1.38. The van der Waals surface area contributed by atoms with Crippen LogP contribution in [0.5, 0.6) is 0 Å². The summed E-state index contributed by atoms with van der Waals surface area (Å²) in [5.41, 5.74) is 0. The molecule has 0 rings (SSSR count). The van der Waals surface area contributed by atoms with E-state index in [0.717, 1.165) is 12.1 Å². The normalized spacial score (nSPS) is 11.1. The lowest BCUT2D eigenvalue weighted by Gasteiger charge is -2.27. The van der Waals surface area contributed by atoms with Crippen LogP contribution in [-0.2, 0) is 18.4 Å². The summed E-state index contributed by atoms with van der Waals surface area (Å²) < 4.78 is 16.2. The van der Waals surface area contributed by atoms with Gasteiger partial charge in [-0.25, -0.2) is 4.79 Å². The van der Waals surface area contributed by atoms with Crippen molar-refractivity contribution >= 4 is 14.5 Å². The van der Waals surface area contributed by atoms with Crippen LogP contribution in [0.25, 0.3) is 0 Å². The van der Waals surface area contributed by atoms with E-state index in [1.807, 2.05) is 20.8 Å². The highest BCUT2D eigenvalue weighted by Crippen LogP contribution is 2.14. The van der Waals surface area contributed by atoms with Gasteiger partial charge in [0.15, 0.2) is 0 Å². The first kappa shape index (κ1) is 14.3. The molecule has 0 aliphatic heterocycles. The van der Waals surface area contributed by atoms with Gasteiger partial charge in [-0.05, 0) is 19.9 Å². The van der Waals surface area contributed by atoms with E-state index in [0.29, 0.717) is 13.2 Å². The molecule has 88 valence electrons. The van der Waals surface area contributed by atoms with Gasteiger partial charge in [0.2, 0.25) is 0 Å². The van der Waals surface area contributed by atoms with Gasteiger partial charge in [-0.15, -0.1) is 0 Å². The molecule has 0 amide bonds. The van der Waals surface area contributed by atoms with Gasteiger partial charge in [0.05, 0.1) is 0 Å². The standard InChI is InChI=1S/C10H20O4Si/c1-5-10(11)12-9-15(8-4,13-6-2)14-7-3/h5H,1,6-9H2,2-4H3. The molecule has 0 saturated heterocycles. The Bertz CT molecular complexity index is 200. The van der Waals surface area contributed by atoms with Crippen molar-refractivity contribution in [3.8, 4) is 0 Å². The SMILES string of the molecule is C=CC(=O)OC[Si](CC)(OCC)OCC. The van der Waals surface area contributed by atoms with E-state index >= 15 is 0 Å². The fraction of sp³-hybridized carbons (Fsp3) is 0.700. The molecule has 0 bridgehead atoms. The predicted molar refractivity (Wildman–Crippen MR) is 60.6 cm³/mol. The van der Waals surface area contributed by atoms with Crippen LogP contribution >= 0.6 is 0 Å². The number of hydrogen-bond acceptors (Lipinski definition) is 4. The maximum atomic E-state index is 11.0. The molecule has 0 saturated carbocycles. The van der Waals surface area contributed by atoms with Crippen molar-refractivity contribution in [2.24, 2.45) is 0 Å². The third-order valence-electron chi connectivity index (χ3n) is 1.95. The second kappa shape index (κ2) is 7.61. The van der Waals surface area contributed by atoms with E-state index in [1.54, 1.807) is 0 Å². The fourth-order valence-corrected chi connectivity index (χ4v) is 3.47. The van der Waals surface area contributed by atoms with E-state index in [1.165, 1.54) is 0 Å². The summed E-state index contributed by atoms with van der Waals surface area (Å²) in [7, 11) is -2.34. The fourth-order valence-electron chi connectivity index (χ4n) is 1.20. The van der Waals surface area contributed by atoms with Crippen LogP contribution in [0.1, 0.15) is 20.8 Å². The van der Waals surface area contributed by atoms with Crippen LogP contribution in [0.2, 0.25) is 6.04 Å². The molecule has 0 unspecified atom stereocenters. The van der Waals surface area contributed by atoms with Crippen molar-refractivity contribution in [3.05, 3.63) is 12.7 Å². The Morgan fingerprint density at radius 3 is 2.13 bits per heavy atom. The number of hydrogen-bond donors (Lipinski definition) is 0. The molecule has 0 N–H and O–H groups in total. The van der Waals surface area contributed by atoms with Crippen LogP contribution in [-0.4, -0.2) is 34.0 Å². The van der Waals surface area contributed by atoms with Crippen molar-refractivity contribution in [3.63, 3.8) is 0 Å². The molecule has 5 heteroatoms. The number of carbonyl (C=O) groups is 1. The van der Waals surface area contributed by atoms with Crippen molar-refractivity contribution < 1.29 is 18.4 Å². The minimum atomic E-state index is -2.34. The number of ether oxygens (including phenoxy) is 1. The molecule has 0 fully saturated rings. The quantitative estimate of drug-likeness (QED) is 0.363. The lowest BCUT2D eigenvalue weighted by Crippen LogP contribution is -2.47. The molecule has 0 spiro atoms. The molecule has 15 heavy (non-hydrogen) atoms. The minimum Gasteiger partial charge on any atom is -0.461 e. The molecule has 0 aromatic carbocycles. The Morgan fingerprint density at radius 1 is 1.27 bits per heavy atom. The summed E-state index contributed by atoms with van der Waals surface area (Å²) in [6, 6.07) is 0.763. The van der Waals surface area contributed by atoms with Crippen molar-refractivity contribution in [2.75, 3.05) is 19.4 Å². The van der Waals surface area contributed by atoms with Crippen LogP contribution in [0.4, 0.5) is 0 Å². The summed E-state index contributed by atoms with van der Waals surface area (Å²) in [5, 5.41) is 0. The van der Waals surface area contributed by atoms with Gasteiger partial charge < -0.3 is 13.6 Å². The third kappa shape index (κ3) is 5.11. The largest absolute Gasteiger partial charge is 0.461 e. The molecule has 0 aliphatic rings. The van der Waals surface area contributed by atoms with Crippen LogP contribution in [0.15, 0.2) is 12.7 Å². The lowest BCUT2D eigenvalue weighted by atomic mass is 10.7. The maximum absolute atomic E-state index is 11.0. The van der Waals surface area contributed by atoms with Gasteiger partial charge in [0.25, 0.3) is 0 Å². The molecule has 4 nitrogen and oxygen atoms in total. The van der Waals surface area contributed by atoms with E-state index in [9.17, 15) is 4.79 Å². The Hall–Kier alpha value is -0.653. The monoisotopic (exact) mass is 232 g/mol. The van der Waals surface area contributed by atoms with Gasteiger partial charge in [-0.1, -0.05) is 13.5 Å². The number of esters is 1. The highest BCUT2D eigenvalue weighted by Gasteiger charge is 2.36. The summed E-state index contributed by atoms with van der Waals surface area (Å²) >= 11 is 0. The Labute approximate surface area is 92.5 Å². The minimum absolute atomic E-state index is 0.232. The van der Waals surface area contributed by atoms with Crippen molar-refractivity contribution in [2.45, 2.75) is 26.8 Å². The van der Waals surface area contributed by atoms with E-state index in [2.05, 4.69) is 6.58 Å². The molecule has 0 atom stereocenters. The zero-order chi connectivity index (χ0) is 11.7.